The van der Waals surface area contributed by atoms with E-state index in [4.69, 9.17) is 17.3 Å². The van der Waals surface area contributed by atoms with Crippen molar-refractivity contribution in [3.05, 3.63) is 58.9 Å². The van der Waals surface area contributed by atoms with Gasteiger partial charge in [0.25, 0.3) is 5.91 Å². The van der Waals surface area contributed by atoms with Gasteiger partial charge in [0, 0.05) is 16.9 Å². The summed E-state index contributed by atoms with van der Waals surface area (Å²) in [4.78, 5) is 22.7. The van der Waals surface area contributed by atoms with Crippen LogP contribution in [-0.4, -0.2) is 11.9 Å². The van der Waals surface area contributed by atoms with Crippen LogP contribution in [0, 0.1) is 5.82 Å². The fourth-order valence-corrected chi connectivity index (χ4v) is 1.80. The summed E-state index contributed by atoms with van der Waals surface area (Å²) in [6, 6.07) is 9.32. The second-order valence-corrected chi connectivity index (χ2v) is 4.56. The zero-order chi connectivity index (χ0) is 15.4. The van der Waals surface area contributed by atoms with Crippen molar-refractivity contribution in [2.75, 3.05) is 10.6 Å². The maximum Gasteiger partial charge on any atom is 0.316 e. The lowest BCUT2D eigenvalue weighted by Crippen LogP contribution is -2.19. The van der Waals surface area contributed by atoms with E-state index in [2.05, 4.69) is 10.6 Å². The van der Waals surface area contributed by atoms with Gasteiger partial charge in [0.05, 0.1) is 5.02 Å². The number of urea groups is 1. The molecule has 0 aliphatic rings. The molecule has 0 atom stereocenters. The predicted octanol–water partition coefficient (Wildman–Crippen LogP) is 3.22. The third-order valence-corrected chi connectivity index (χ3v) is 2.88. The van der Waals surface area contributed by atoms with Crippen LogP contribution in [0.4, 0.5) is 20.6 Å². The minimum Gasteiger partial charge on any atom is -0.351 e. The first kappa shape index (κ1) is 14.8. The zero-order valence-corrected chi connectivity index (χ0v) is 11.4. The van der Waals surface area contributed by atoms with E-state index < -0.39 is 11.8 Å². The highest BCUT2D eigenvalue weighted by atomic mass is 35.5. The van der Waals surface area contributed by atoms with Gasteiger partial charge in [-0.1, -0.05) is 11.6 Å². The molecule has 0 spiro atoms. The van der Waals surface area contributed by atoms with Crippen LogP contribution in [0.3, 0.4) is 0 Å². The molecule has 5 nitrogen and oxygen atoms in total. The number of nitrogens with two attached hydrogens (primary N) is 1. The van der Waals surface area contributed by atoms with Crippen molar-refractivity contribution >= 4 is 34.9 Å². The van der Waals surface area contributed by atoms with Crippen LogP contribution in [0.5, 0.6) is 0 Å². The quantitative estimate of drug-likeness (QED) is 0.813. The fraction of sp³-hybridized carbons (Fsp3) is 0. The van der Waals surface area contributed by atoms with Crippen molar-refractivity contribution in [1.82, 2.24) is 0 Å². The van der Waals surface area contributed by atoms with Crippen molar-refractivity contribution in [2.45, 2.75) is 0 Å². The van der Waals surface area contributed by atoms with E-state index in [-0.39, 0.29) is 10.9 Å². The zero-order valence-electron chi connectivity index (χ0n) is 10.7. The van der Waals surface area contributed by atoms with Gasteiger partial charge in [0.15, 0.2) is 0 Å². The maximum atomic E-state index is 13.0. The summed E-state index contributed by atoms with van der Waals surface area (Å²) in [7, 11) is 0. The second kappa shape index (κ2) is 6.23. The smallest absolute Gasteiger partial charge is 0.316 e. The standard InChI is InChI=1S/C14H11ClFN3O2/c15-11-7-10(5-6-12(11)16)18-13(20)8-1-3-9(4-2-8)19-14(17)21/h1-7H,(H,18,20)(H3,17,19,21). The molecule has 0 saturated carbocycles. The van der Waals surface area contributed by atoms with Gasteiger partial charge >= 0.3 is 6.03 Å². The molecule has 7 heteroatoms. The first-order chi connectivity index (χ1) is 9.95. The Morgan fingerprint density at radius 2 is 1.62 bits per heavy atom. The minimum absolute atomic E-state index is 0.0752. The summed E-state index contributed by atoms with van der Waals surface area (Å²) < 4.78 is 13.0. The Morgan fingerprint density at radius 1 is 1.00 bits per heavy atom. The number of hydrogen-bond donors (Lipinski definition) is 3. The highest BCUT2D eigenvalue weighted by molar-refractivity contribution is 6.31. The molecule has 0 saturated heterocycles. The van der Waals surface area contributed by atoms with Gasteiger partial charge in [-0.25, -0.2) is 9.18 Å². The predicted molar refractivity (Wildman–Crippen MR) is 79.0 cm³/mol. The van der Waals surface area contributed by atoms with Gasteiger partial charge < -0.3 is 16.4 Å². The van der Waals surface area contributed by atoms with Gasteiger partial charge in [-0.2, -0.15) is 0 Å². The van der Waals surface area contributed by atoms with E-state index in [1.54, 1.807) is 0 Å². The molecule has 0 unspecified atom stereocenters. The van der Waals surface area contributed by atoms with Crippen molar-refractivity contribution in [1.29, 1.82) is 0 Å². The molecular weight excluding hydrogens is 297 g/mol. The number of carbonyl (C=O) groups is 2. The van der Waals surface area contributed by atoms with Crippen LogP contribution in [0.15, 0.2) is 42.5 Å². The molecule has 4 N–H and O–H groups in total. The molecule has 21 heavy (non-hydrogen) atoms. The Labute approximate surface area is 124 Å². The number of hydrogen-bond acceptors (Lipinski definition) is 2. The molecular formula is C14H11ClFN3O2. The average molecular weight is 308 g/mol. The highest BCUT2D eigenvalue weighted by Gasteiger charge is 2.08. The number of nitrogens with one attached hydrogen (secondary N) is 2. The lowest BCUT2D eigenvalue weighted by atomic mass is 10.2. The molecule has 108 valence electrons. The summed E-state index contributed by atoms with van der Waals surface area (Å²) in [6.45, 7) is 0. The molecule has 0 heterocycles. The van der Waals surface area contributed by atoms with Gasteiger partial charge in [0.2, 0.25) is 0 Å². The summed E-state index contributed by atoms with van der Waals surface area (Å²) in [6.07, 6.45) is 0. The highest BCUT2D eigenvalue weighted by Crippen LogP contribution is 2.20. The summed E-state index contributed by atoms with van der Waals surface area (Å²) in [5.74, 6) is -0.945. The first-order valence-electron chi connectivity index (χ1n) is 5.88. The van der Waals surface area contributed by atoms with E-state index in [1.165, 1.54) is 36.4 Å². The molecule has 0 aliphatic carbocycles. The topological polar surface area (TPSA) is 84.2 Å². The Kier molecular flexibility index (Phi) is 4.39. The number of carbonyl (C=O) groups excluding carboxylic acids is 2. The number of anilines is 2. The van der Waals surface area contributed by atoms with Crippen LogP contribution in [0.25, 0.3) is 0 Å². The van der Waals surface area contributed by atoms with Crippen molar-refractivity contribution in [3.8, 4) is 0 Å². The number of benzene rings is 2. The molecule has 0 aromatic heterocycles. The van der Waals surface area contributed by atoms with Crippen molar-refractivity contribution in [2.24, 2.45) is 5.73 Å². The molecule has 0 radical (unpaired) electrons. The Hall–Kier alpha value is -2.60. The monoisotopic (exact) mass is 307 g/mol. The number of rotatable bonds is 3. The van der Waals surface area contributed by atoms with Gasteiger partial charge in [0.1, 0.15) is 5.82 Å². The van der Waals surface area contributed by atoms with E-state index in [0.29, 0.717) is 16.9 Å². The maximum absolute atomic E-state index is 13.0. The first-order valence-corrected chi connectivity index (χ1v) is 6.26. The third-order valence-electron chi connectivity index (χ3n) is 2.59. The van der Waals surface area contributed by atoms with Gasteiger partial charge in [-0.3, -0.25) is 4.79 Å². The fourth-order valence-electron chi connectivity index (χ4n) is 1.62. The minimum atomic E-state index is -0.687. The van der Waals surface area contributed by atoms with Crippen LogP contribution in [0.1, 0.15) is 10.4 Å². The van der Waals surface area contributed by atoms with Crippen molar-refractivity contribution in [3.63, 3.8) is 0 Å². The largest absolute Gasteiger partial charge is 0.351 e. The lowest BCUT2D eigenvalue weighted by Gasteiger charge is -2.07. The molecule has 0 bridgehead atoms. The van der Waals surface area contributed by atoms with Crippen LogP contribution >= 0.6 is 11.6 Å². The lowest BCUT2D eigenvalue weighted by molar-refractivity contribution is 0.102. The summed E-state index contributed by atoms with van der Waals surface area (Å²) in [5.41, 5.74) is 6.20. The van der Waals surface area contributed by atoms with Crippen LogP contribution in [0.2, 0.25) is 5.02 Å². The number of amides is 3. The molecule has 0 fully saturated rings. The molecule has 2 rings (SSSR count). The Balaban J connectivity index is 2.09. The average Bonchev–Trinajstić information content (AvgIpc) is 2.43. The molecule has 2 aromatic carbocycles. The number of primary amides is 1. The Bertz CT molecular complexity index is 689. The van der Waals surface area contributed by atoms with E-state index in [1.807, 2.05) is 0 Å². The van der Waals surface area contributed by atoms with Crippen molar-refractivity contribution < 1.29 is 14.0 Å². The van der Waals surface area contributed by atoms with E-state index >= 15 is 0 Å². The molecule has 3 amide bonds. The van der Waals surface area contributed by atoms with E-state index in [9.17, 15) is 14.0 Å². The van der Waals surface area contributed by atoms with Crippen LogP contribution < -0.4 is 16.4 Å². The van der Waals surface area contributed by atoms with Crippen LogP contribution in [-0.2, 0) is 0 Å². The van der Waals surface area contributed by atoms with Gasteiger partial charge in [-0.05, 0) is 42.5 Å². The molecule has 0 aliphatic heterocycles. The molecule has 2 aromatic rings. The number of halogens is 2. The normalized spacial score (nSPS) is 10.0. The third kappa shape index (κ3) is 3.93. The van der Waals surface area contributed by atoms with E-state index in [0.717, 1.165) is 6.07 Å². The second-order valence-electron chi connectivity index (χ2n) is 4.15. The SMILES string of the molecule is NC(=O)Nc1ccc(C(=O)Nc2ccc(F)c(Cl)c2)cc1. The van der Waals surface area contributed by atoms with Gasteiger partial charge in [-0.15, -0.1) is 0 Å². The summed E-state index contributed by atoms with van der Waals surface area (Å²) in [5, 5.41) is 4.89. The Morgan fingerprint density at radius 3 is 2.19 bits per heavy atom. The summed E-state index contributed by atoms with van der Waals surface area (Å²) >= 11 is 5.63.